The van der Waals surface area contributed by atoms with Crippen molar-refractivity contribution in [3.8, 4) is 16.9 Å². The van der Waals surface area contributed by atoms with Crippen molar-refractivity contribution >= 4 is 28.2 Å². The van der Waals surface area contributed by atoms with E-state index in [0.29, 0.717) is 5.56 Å². The molecule has 4 atom stereocenters. The first-order valence-electron chi connectivity index (χ1n) is 15.7. The van der Waals surface area contributed by atoms with Gasteiger partial charge < -0.3 is 26.2 Å². The lowest BCUT2D eigenvalue weighted by Gasteiger charge is -2.50. The third-order valence-electron chi connectivity index (χ3n) is 10.5. The number of aliphatic hydroxyl groups is 3. The molecule has 3 aromatic rings. The van der Waals surface area contributed by atoms with Gasteiger partial charge in [-0.15, -0.1) is 0 Å². The summed E-state index contributed by atoms with van der Waals surface area (Å²) in [7, 11) is 3.23. The number of likely N-dealkylation sites (N-methyl/N-ethyl adjacent to an activating group) is 1. The first kappa shape index (κ1) is 30.2. The Balaban J connectivity index is 1.38. The molecule has 1 amide bonds. The summed E-state index contributed by atoms with van der Waals surface area (Å²) in [6.45, 7) is 2.99. The average molecular weight is 624 g/mol. The van der Waals surface area contributed by atoms with Gasteiger partial charge in [-0.25, -0.2) is 0 Å². The molecule has 0 bridgehead atoms. The van der Waals surface area contributed by atoms with Crippen molar-refractivity contribution in [2.24, 2.45) is 17.6 Å². The van der Waals surface area contributed by atoms with Gasteiger partial charge in [0.2, 0.25) is 5.78 Å². The minimum atomic E-state index is -2.67. The maximum Gasteiger partial charge on any atom is 0.255 e. The van der Waals surface area contributed by atoms with Crippen LogP contribution in [0.2, 0.25) is 0 Å². The molecule has 6 N–H and O–H groups in total. The standard InChI is InChI=1S/C36H37N3O7/c1-38(2)30-25-16-19-15-24-23(22-10-9-18(17-39-13-5-6-14-39)20-7-3-4-8-21(20)22)11-12-26(40)28(24)31(41)27(19)33(43)36(25,46)34(44)29(32(30)42)35(37)45/h3-4,7-12,19,25,30,40,42-43,46H,5-6,13-17H2,1-2H3,(H2,37,45). The molecule has 3 aliphatic carbocycles. The minimum absolute atomic E-state index is 0.00325. The number of likely N-dealkylation sites (tertiary alicyclic amines) is 1. The number of rotatable bonds is 5. The smallest absolute Gasteiger partial charge is 0.255 e. The fourth-order valence-electron chi connectivity index (χ4n) is 8.42. The summed E-state index contributed by atoms with van der Waals surface area (Å²) in [4.78, 5) is 44.0. The van der Waals surface area contributed by atoms with Crippen LogP contribution in [0.5, 0.6) is 5.75 Å². The number of nitrogens with zero attached hydrogens (tertiary/aromatic N) is 2. The van der Waals surface area contributed by atoms with Crippen LogP contribution in [-0.4, -0.2) is 86.5 Å². The van der Waals surface area contributed by atoms with E-state index in [1.54, 1.807) is 25.1 Å². The first-order chi connectivity index (χ1) is 21.9. The highest BCUT2D eigenvalue weighted by molar-refractivity contribution is 6.25. The topological polar surface area (TPSA) is 165 Å². The van der Waals surface area contributed by atoms with E-state index in [0.717, 1.165) is 41.5 Å². The maximum absolute atomic E-state index is 14.2. The Morgan fingerprint density at radius 3 is 2.33 bits per heavy atom. The lowest BCUT2D eigenvalue weighted by atomic mass is 9.58. The molecule has 4 aliphatic rings. The number of phenolic OH excluding ortho intramolecular Hbond substituents is 1. The molecule has 4 unspecified atom stereocenters. The van der Waals surface area contributed by atoms with Gasteiger partial charge in [-0.05, 0) is 97.9 Å². The van der Waals surface area contributed by atoms with E-state index in [2.05, 4.69) is 29.2 Å². The van der Waals surface area contributed by atoms with Gasteiger partial charge in [-0.1, -0.05) is 42.5 Å². The lowest BCUT2D eigenvalue weighted by molar-refractivity contribution is -0.148. The molecule has 1 heterocycles. The highest BCUT2D eigenvalue weighted by atomic mass is 16.3. The normalized spacial score (nSPS) is 26.5. The maximum atomic E-state index is 14.2. The van der Waals surface area contributed by atoms with Crippen LogP contribution in [0.15, 0.2) is 71.2 Å². The summed E-state index contributed by atoms with van der Waals surface area (Å²) < 4.78 is 0. The van der Waals surface area contributed by atoms with Crippen LogP contribution < -0.4 is 5.73 Å². The minimum Gasteiger partial charge on any atom is -0.510 e. The molecular weight excluding hydrogens is 586 g/mol. The predicted octanol–water partition coefficient (Wildman–Crippen LogP) is 3.54. The number of nitrogens with two attached hydrogens (primary N) is 1. The van der Waals surface area contributed by atoms with Gasteiger partial charge in [-0.3, -0.25) is 24.2 Å². The zero-order valence-electron chi connectivity index (χ0n) is 25.8. The van der Waals surface area contributed by atoms with Gasteiger partial charge in [0.25, 0.3) is 5.91 Å². The monoisotopic (exact) mass is 623 g/mol. The van der Waals surface area contributed by atoms with Crippen molar-refractivity contribution < 1.29 is 34.8 Å². The Bertz CT molecular complexity index is 1900. The van der Waals surface area contributed by atoms with E-state index < -0.39 is 58.0 Å². The number of hydrogen-bond donors (Lipinski definition) is 5. The summed E-state index contributed by atoms with van der Waals surface area (Å²) in [5.74, 6) is -6.65. The van der Waals surface area contributed by atoms with E-state index in [9.17, 15) is 34.8 Å². The Morgan fingerprint density at radius 2 is 1.65 bits per heavy atom. The second kappa shape index (κ2) is 10.8. The molecular formula is C36H37N3O7. The number of carbonyl (C=O) groups is 3. The largest absolute Gasteiger partial charge is 0.510 e. The van der Waals surface area contributed by atoms with Crippen LogP contribution in [0.3, 0.4) is 0 Å². The third-order valence-corrected chi connectivity index (χ3v) is 10.5. The molecule has 0 aromatic heterocycles. The molecule has 10 nitrogen and oxygen atoms in total. The third kappa shape index (κ3) is 4.24. The zero-order chi connectivity index (χ0) is 32.7. The molecule has 238 valence electrons. The van der Waals surface area contributed by atoms with E-state index in [4.69, 9.17) is 5.73 Å². The van der Waals surface area contributed by atoms with Crippen LogP contribution in [0, 0.1) is 11.8 Å². The number of carbonyl (C=O) groups excluding carboxylic acids is 3. The number of phenols is 1. The van der Waals surface area contributed by atoms with E-state index >= 15 is 0 Å². The van der Waals surface area contributed by atoms with Crippen molar-refractivity contribution in [1.29, 1.82) is 0 Å². The molecule has 3 aromatic carbocycles. The van der Waals surface area contributed by atoms with Crippen LogP contribution in [0.25, 0.3) is 21.9 Å². The Morgan fingerprint density at radius 1 is 0.978 bits per heavy atom. The summed E-state index contributed by atoms with van der Waals surface area (Å²) in [6, 6.07) is 14.5. The van der Waals surface area contributed by atoms with Crippen molar-refractivity contribution in [2.75, 3.05) is 27.2 Å². The fraction of sp³-hybridized carbons (Fsp3) is 0.361. The highest BCUT2D eigenvalue weighted by Gasteiger charge is 2.63. The first-order valence-corrected chi connectivity index (χ1v) is 15.7. The van der Waals surface area contributed by atoms with Gasteiger partial charge in [0.1, 0.15) is 22.8 Å². The van der Waals surface area contributed by atoms with E-state index in [1.807, 2.05) is 12.1 Å². The van der Waals surface area contributed by atoms with Crippen LogP contribution in [0.4, 0.5) is 0 Å². The quantitative estimate of drug-likeness (QED) is 0.268. The molecule has 0 radical (unpaired) electrons. The van der Waals surface area contributed by atoms with Crippen molar-refractivity contribution in [3.63, 3.8) is 0 Å². The number of primary amides is 1. The molecule has 0 saturated carbocycles. The summed E-state index contributed by atoms with van der Waals surface area (Å²) in [5, 5.41) is 47.7. The van der Waals surface area contributed by atoms with E-state index in [-0.39, 0.29) is 29.7 Å². The van der Waals surface area contributed by atoms with Gasteiger partial charge in [0, 0.05) is 18.0 Å². The number of Topliss-reactive ketones (excluding diaryl/α,β-unsaturated/α-hetero) is 2. The summed E-state index contributed by atoms with van der Waals surface area (Å²) >= 11 is 0. The van der Waals surface area contributed by atoms with Gasteiger partial charge >= 0.3 is 0 Å². The molecule has 1 aliphatic heterocycles. The SMILES string of the molecule is CN(C)C1C(O)=C(C(N)=O)C(=O)C2(O)C(O)=C3C(=O)c4c(O)ccc(-c5ccc(CN6CCCC6)c6ccccc56)c4CC3CC12. The number of hydrogen-bond acceptors (Lipinski definition) is 9. The number of aromatic hydroxyl groups is 1. The molecule has 1 fully saturated rings. The average Bonchev–Trinajstić information content (AvgIpc) is 3.52. The van der Waals surface area contributed by atoms with Crippen molar-refractivity contribution in [2.45, 2.75) is 43.9 Å². The van der Waals surface area contributed by atoms with Gasteiger partial charge in [0.05, 0.1) is 11.6 Å². The summed E-state index contributed by atoms with van der Waals surface area (Å²) in [5.41, 5.74) is 5.27. The number of amides is 1. The number of aliphatic hydroxyl groups excluding tert-OH is 2. The van der Waals surface area contributed by atoms with Crippen LogP contribution in [-0.2, 0) is 22.6 Å². The van der Waals surface area contributed by atoms with Crippen molar-refractivity contribution in [3.05, 3.63) is 87.9 Å². The molecule has 10 heteroatoms. The lowest BCUT2D eigenvalue weighted by Crippen LogP contribution is -2.63. The number of allylic oxidation sites excluding steroid dienone is 1. The molecule has 0 spiro atoms. The number of benzene rings is 3. The Labute approximate surface area is 266 Å². The number of fused-ring (bicyclic) bond motifs is 4. The molecule has 7 rings (SSSR count). The Hall–Kier alpha value is -4.51. The zero-order valence-corrected chi connectivity index (χ0v) is 25.8. The fourth-order valence-corrected chi connectivity index (χ4v) is 8.42. The van der Waals surface area contributed by atoms with Gasteiger partial charge in [-0.2, -0.15) is 0 Å². The second-order valence-corrected chi connectivity index (χ2v) is 13.2. The molecule has 1 saturated heterocycles. The van der Waals surface area contributed by atoms with Crippen LogP contribution in [0.1, 0.15) is 40.7 Å². The molecule has 46 heavy (non-hydrogen) atoms. The van der Waals surface area contributed by atoms with E-state index in [1.165, 1.54) is 24.5 Å². The number of ketones is 2. The van der Waals surface area contributed by atoms with Crippen molar-refractivity contribution in [1.82, 2.24) is 9.80 Å². The highest BCUT2D eigenvalue weighted by Crippen LogP contribution is 2.53. The predicted molar refractivity (Wildman–Crippen MR) is 171 cm³/mol. The summed E-state index contributed by atoms with van der Waals surface area (Å²) in [6.07, 6.45) is 2.65. The van der Waals surface area contributed by atoms with Crippen LogP contribution >= 0.6 is 0 Å². The Kier molecular flexibility index (Phi) is 7.08. The van der Waals surface area contributed by atoms with Gasteiger partial charge in [0.15, 0.2) is 11.4 Å². The second-order valence-electron chi connectivity index (χ2n) is 13.2.